The molecule has 24 heavy (non-hydrogen) atoms. The number of benzene rings is 1. The van der Waals surface area contributed by atoms with Crippen LogP contribution in [-0.2, 0) is 19.2 Å². The predicted molar refractivity (Wildman–Crippen MR) is 89.6 cm³/mol. The van der Waals surface area contributed by atoms with Gasteiger partial charge in [0.25, 0.3) is 0 Å². The highest BCUT2D eigenvalue weighted by atomic mass is 16.4. The van der Waals surface area contributed by atoms with Crippen LogP contribution in [0.4, 0.5) is 0 Å². The Hall–Kier alpha value is -2.82. The topological polar surface area (TPSA) is 88.5 Å². The Labute approximate surface area is 140 Å². The van der Waals surface area contributed by atoms with E-state index in [1.807, 2.05) is 0 Å². The number of ketones is 3. The quantitative estimate of drug-likeness (QED) is 0.527. The maximum Gasteiger partial charge on any atom is 0.314 e. The molecule has 0 saturated heterocycles. The van der Waals surface area contributed by atoms with E-state index in [0.717, 1.165) is 0 Å². The van der Waals surface area contributed by atoms with Crippen molar-refractivity contribution in [2.24, 2.45) is 0 Å². The molecule has 0 aliphatic carbocycles. The monoisotopic (exact) mass is 328 g/mol. The Morgan fingerprint density at radius 2 is 1.75 bits per heavy atom. The summed E-state index contributed by atoms with van der Waals surface area (Å²) in [5.41, 5.74) is 0.595. The van der Waals surface area contributed by atoms with Gasteiger partial charge in [-0.1, -0.05) is 49.4 Å². The lowest BCUT2D eigenvalue weighted by Crippen LogP contribution is -2.09. The van der Waals surface area contributed by atoms with Crippen LogP contribution in [0.25, 0.3) is 0 Å². The van der Waals surface area contributed by atoms with E-state index in [2.05, 4.69) is 0 Å². The standard InChI is InChI=1S/C19H20O5/c1-2-17(21)18(22)11-7-6-10-15(20)12-13-16(19(23)24)14-8-4-3-5-9-14/h3-5,7-9,11-13,16H,2,6,10H2,1H3,(H,23,24)/b11-7+,13-12+/t16-/m0/s1. The van der Waals surface area contributed by atoms with Gasteiger partial charge < -0.3 is 5.11 Å². The number of carbonyl (C=O) groups is 4. The fourth-order valence-electron chi connectivity index (χ4n) is 1.97. The van der Waals surface area contributed by atoms with Crippen molar-refractivity contribution in [3.63, 3.8) is 0 Å². The Morgan fingerprint density at radius 1 is 1.08 bits per heavy atom. The van der Waals surface area contributed by atoms with Crippen molar-refractivity contribution in [3.05, 3.63) is 60.2 Å². The van der Waals surface area contributed by atoms with Crippen molar-refractivity contribution in [2.75, 3.05) is 0 Å². The molecule has 5 nitrogen and oxygen atoms in total. The number of carboxylic acid groups (broad SMARTS) is 1. The molecule has 0 aliphatic rings. The van der Waals surface area contributed by atoms with Crippen LogP contribution in [0, 0.1) is 0 Å². The molecule has 1 atom stereocenters. The summed E-state index contributed by atoms with van der Waals surface area (Å²) in [6, 6.07) is 8.63. The third-order valence-electron chi connectivity index (χ3n) is 3.32. The number of hydrogen-bond donors (Lipinski definition) is 1. The van der Waals surface area contributed by atoms with Crippen molar-refractivity contribution in [1.82, 2.24) is 0 Å². The Morgan fingerprint density at radius 3 is 2.33 bits per heavy atom. The second-order valence-corrected chi connectivity index (χ2v) is 5.13. The van der Waals surface area contributed by atoms with E-state index < -0.39 is 23.5 Å². The normalized spacial score (nSPS) is 12.4. The summed E-state index contributed by atoms with van der Waals surface area (Å²) in [7, 11) is 0. The molecular formula is C19H20O5. The Bertz CT molecular complexity index is 656. The number of carbonyl (C=O) groups excluding carboxylic acids is 3. The molecule has 126 valence electrons. The van der Waals surface area contributed by atoms with Crippen LogP contribution in [0.5, 0.6) is 0 Å². The molecule has 0 bridgehead atoms. The van der Waals surface area contributed by atoms with E-state index >= 15 is 0 Å². The van der Waals surface area contributed by atoms with Gasteiger partial charge in [-0.05, 0) is 24.1 Å². The molecule has 0 saturated carbocycles. The van der Waals surface area contributed by atoms with Crippen molar-refractivity contribution in [1.29, 1.82) is 0 Å². The molecule has 1 aromatic carbocycles. The van der Waals surface area contributed by atoms with Gasteiger partial charge in [0, 0.05) is 12.8 Å². The third kappa shape index (κ3) is 6.52. The predicted octanol–water partition coefficient (Wildman–Crippen LogP) is 2.86. The van der Waals surface area contributed by atoms with Crippen LogP contribution in [0.3, 0.4) is 0 Å². The first-order valence-corrected chi connectivity index (χ1v) is 7.68. The third-order valence-corrected chi connectivity index (χ3v) is 3.32. The molecule has 0 aliphatic heterocycles. The highest BCUT2D eigenvalue weighted by Crippen LogP contribution is 2.17. The zero-order valence-corrected chi connectivity index (χ0v) is 13.5. The minimum absolute atomic E-state index is 0.141. The summed E-state index contributed by atoms with van der Waals surface area (Å²) >= 11 is 0. The lowest BCUT2D eigenvalue weighted by Gasteiger charge is -2.07. The highest BCUT2D eigenvalue weighted by molar-refractivity contribution is 6.41. The van der Waals surface area contributed by atoms with Crippen molar-refractivity contribution >= 4 is 23.3 Å². The molecular weight excluding hydrogens is 308 g/mol. The Kier molecular flexibility index (Phi) is 8.05. The number of allylic oxidation sites excluding steroid dienone is 3. The lowest BCUT2D eigenvalue weighted by molar-refractivity contribution is -0.137. The Balaban J connectivity index is 2.55. The zero-order chi connectivity index (χ0) is 17.9. The lowest BCUT2D eigenvalue weighted by atomic mass is 9.98. The first kappa shape index (κ1) is 19.2. The molecule has 0 unspecified atom stereocenters. The summed E-state index contributed by atoms with van der Waals surface area (Å²) in [4.78, 5) is 45.4. The van der Waals surface area contributed by atoms with Gasteiger partial charge in [0.15, 0.2) is 5.78 Å². The van der Waals surface area contributed by atoms with Crippen LogP contribution in [0.15, 0.2) is 54.6 Å². The van der Waals surface area contributed by atoms with Gasteiger partial charge in [0.1, 0.15) is 5.92 Å². The average molecular weight is 328 g/mol. The fraction of sp³-hybridized carbons (Fsp3) is 0.263. The van der Waals surface area contributed by atoms with E-state index in [-0.39, 0.29) is 18.6 Å². The molecule has 1 aromatic rings. The van der Waals surface area contributed by atoms with Crippen LogP contribution in [-0.4, -0.2) is 28.4 Å². The summed E-state index contributed by atoms with van der Waals surface area (Å²) in [5.74, 6) is -3.19. The first-order chi connectivity index (χ1) is 11.5. The van der Waals surface area contributed by atoms with Gasteiger partial charge in [-0.25, -0.2) is 0 Å². The second kappa shape index (κ2) is 10.0. The fourth-order valence-corrected chi connectivity index (χ4v) is 1.97. The molecule has 0 radical (unpaired) electrons. The van der Waals surface area contributed by atoms with Gasteiger partial charge in [0.2, 0.25) is 11.6 Å². The smallest absolute Gasteiger partial charge is 0.314 e. The summed E-state index contributed by atoms with van der Waals surface area (Å²) in [6.07, 6.45) is 5.87. The molecule has 0 spiro atoms. The number of hydrogen-bond acceptors (Lipinski definition) is 4. The van der Waals surface area contributed by atoms with Crippen LogP contribution in [0.1, 0.15) is 37.7 Å². The summed E-state index contributed by atoms with van der Waals surface area (Å²) < 4.78 is 0. The van der Waals surface area contributed by atoms with Crippen LogP contribution < -0.4 is 0 Å². The number of carboxylic acids is 1. The van der Waals surface area contributed by atoms with Crippen LogP contribution in [0.2, 0.25) is 0 Å². The average Bonchev–Trinajstić information content (AvgIpc) is 2.58. The summed E-state index contributed by atoms with van der Waals surface area (Å²) in [6.45, 7) is 1.61. The molecule has 1 rings (SSSR count). The molecule has 0 heterocycles. The largest absolute Gasteiger partial charge is 0.481 e. The van der Waals surface area contributed by atoms with Gasteiger partial charge in [0.05, 0.1) is 0 Å². The van der Waals surface area contributed by atoms with Gasteiger partial charge in [-0.2, -0.15) is 0 Å². The number of Topliss-reactive ketones (excluding diaryl/α,β-unsaturated/α-hetero) is 1. The van der Waals surface area contributed by atoms with E-state index in [9.17, 15) is 24.3 Å². The molecule has 0 aromatic heterocycles. The minimum atomic E-state index is -1.03. The second-order valence-electron chi connectivity index (χ2n) is 5.13. The summed E-state index contributed by atoms with van der Waals surface area (Å²) in [5, 5.41) is 9.25. The molecule has 0 fully saturated rings. The molecule has 1 N–H and O–H groups in total. The van der Waals surface area contributed by atoms with Crippen molar-refractivity contribution in [2.45, 2.75) is 32.1 Å². The number of aliphatic carboxylic acids is 1. The maximum absolute atomic E-state index is 11.8. The minimum Gasteiger partial charge on any atom is -0.481 e. The van der Waals surface area contributed by atoms with Crippen molar-refractivity contribution in [3.8, 4) is 0 Å². The van der Waals surface area contributed by atoms with E-state index in [1.54, 1.807) is 37.3 Å². The van der Waals surface area contributed by atoms with Crippen molar-refractivity contribution < 1.29 is 24.3 Å². The maximum atomic E-state index is 11.8. The number of rotatable bonds is 10. The van der Waals surface area contributed by atoms with Crippen LogP contribution >= 0.6 is 0 Å². The van der Waals surface area contributed by atoms with E-state index in [4.69, 9.17) is 0 Å². The van der Waals surface area contributed by atoms with E-state index in [1.165, 1.54) is 24.3 Å². The van der Waals surface area contributed by atoms with Gasteiger partial charge >= 0.3 is 5.97 Å². The van der Waals surface area contributed by atoms with Gasteiger partial charge in [-0.15, -0.1) is 0 Å². The molecule has 5 heteroatoms. The zero-order valence-electron chi connectivity index (χ0n) is 13.5. The highest BCUT2D eigenvalue weighted by Gasteiger charge is 2.16. The first-order valence-electron chi connectivity index (χ1n) is 7.68. The SMILES string of the molecule is CCC(=O)C(=O)/C=C/CCC(=O)/C=C/[C@H](C(=O)O)c1ccccc1. The molecule has 0 amide bonds. The van der Waals surface area contributed by atoms with E-state index in [0.29, 0.717) is 12.0 Å². The van der Waals surface area contributed by atoms with Gasteiger partial charge in [-0.3, -0.25) is 19.2 Å².